The molecule has 20 heavy (non-hydrogen) atoms. The van der Waals surface area contributed by atoms with Crippen LogP contribution in [0.5, 0.6) is 5.75 Å². The number of ether oxygens (including phenoxy) is 1. The Morgan fingerprint density at radius 2 is 1.55 bits per heavy atom. The van der Waals surface area contributed by atoms with Crippen molar-refractivity contribution >= 4 is 23.1 Å². The van der Waals surface area contributed by atoms with Crippen molar-refractivity contribution in [1.29, 1.82) is 0 Å². The van der Waals surface area contributed by atoms with Gasteiger partial charge in [0.25, 0.3) is 0 Å². The maximum Gasteiger partial charge on any atom is 0.494 e. The van der Waals surface area contributed by atoms with Crippen LogP contribution in [0, 0.1) is 0 Å². The second-order valence-corrected chi connectivity index (χ2v) is 6.58. The molecule has 0 radical (unpaired) electrons. The van der Waals surface area contributed by atoms with Crippen LogP contribution >= 0.6 is 0 Å². The maximum atomic E-state index is 6.01. The lowest BCUT2D eigenvalue weighted by Gasteiger charge is -2.32. The van der Waals surface area contributed by atoms with Crippen molar-refractivity contribution in [3.05, 3.63) is 24.3 Å². The quantitative estimate of drug-likeness (QED) is 0.590. The van der Waals surface area contributed by atoms with Crippen LogP contribution in [-0.2, 0) is 13.7 Å². The van der Waals surface area contributed by atoms with Gasteiger partial charge < -0.3 is 18.5 Å². The Kier molecular flexibility index (Phi) is 4.59. The fourth-order valence-corrected chi connectivity index (χ4v) is 2.11. The van der Waals surface area contributed by atoms with Gasteiger partial charge in [0.05, 0.1) is 17.8 Å². The average Bonchev–Trinajstić information content (AvgIpc) is 2.60. The molecule has 1 aliphatic rings. The van der Waals surface area contributed by atoms with E-state index in [9.17, 15) is 0 Å². The molecule has 0 saturated carbocycles. The second kappa shape index (κ2) is 5.89. The molecule has 2 rings (SSSR count). The van der Waals surface area contributed by atoms with Gasteiger partial charge in [0.2, 0.25) is 0 Å². The van der Waals surface area contributed by atoms with Gasteiger partial charge in [0.15, 0.2) is 0 Å². The van der Waals surface area contributed by atoms with Gasteiger partial charge in [0, 0.05) is 0 Å². The van der Waals surface area contributed by atoms with E-state index < -0.39 is 0 Å². The topological polar surface area (TPSA) is 36.9 Å². The van der Waals surface area contributed by atoms with Crippen LogP contribution in [0.2, 0.25) is 0 Å². The zero-order valence-corrected chi connectivity index (χ0v) is 14.9. The predicted molar refractivity (Wildman–Crippen MR) is 83.5 cm³/mol. The van der Waals surface area contributed by atoms with Crippen molar-refractivity contribution in [3.63, 3.8) is 0 Å². The number of rotatable bonds is 5. The predicted octanol–water partition coefficient (Wildman–Crippen LogP) is 0.662. The monoisotopic (exact) mass is 294 g/mol. The molecular formula is C14H23BO4Si. The Labute approximate surface area is 124 Å². The zero-order valence-electron chi connectivity index (χ0n) is 12.9. The van der Waals surface area contributed by atoms with Crippen LogP contribution in [0.1, 0.15) is 27.7 Å². The molecule has 0 spiro atoms. The summed E-state index contributed by atoms with van der Waals surface area (Å²) in [5.74, 6) is 0.837. The van der Waals surface area contributed by atoms with E-state index >= 15 is 0 Å². The van der Waals surface area contributed by atoms with Gasteiger partial charge in [-0.25, -0.2) is 0 Å². The molecule has 0 aromatic heterocycles. The summed E-state index contributed by atoms with van der Waals surface area (Å²) >= 11 is 0. The first-order chi connectivity index (χ1) is 9.36. The Hall–Kier alpha value is -0.818. The molecule has 0 unspecified atom stereocenters. The van der Waals surface area contributed by atoms with Crippen LogP contribution in [0.25, 0.3) is 0 Å². The van der Waals surface area contributed by atoms with E-state index in [1.807, 2.05) is 24.3 Å². The van der Waals surface area contributed by atoms with Gasteiger partial charge in [-0.15, -0.1) is 0 Å². The summed E-state index contributed by atoms with van der Waals surface area (Å²) in [4.78, 5) is 0. The Bertz CT molecular complexity index is 431. The highest BCUT2D eigenvalue weighted by Crippen LogP contribution is 2.36. The van der Waals surface area contributed by atoms with Gasteiger partial charge in [-0.05, 0) is 45.3 Å². The Morgan fingerprint density at radius 3 is 2.05 bits per heavy atom. The summed E-state index contributed by atoms with van der Waals surface area (Å²) in [5, 5.41) is 0. The minimum Gasteiger partial charge on any atom is -0.491 e. The van der Waals surface area contributed by atoms with Crippen LogP contribution in [-0.4, -0.2) is 42.0 Å². The molecule has 0 atom stereocenters. The lowest BCUT2D eigenvalue weighted by molar-refractivity contribution is 0.00578. The first kappa shape index (κ1) is 15.6. The molecule has 0 bridgehead atoms. The number of benzene rings is 1. The minimum absolute atomic E-state index is 0.310. The fourth-order valence-electron chi connectivity index (χ4n) is 1.94. The molecule has 0 aliphatic carbocycles. The second-order valence-electron chi connectivity index (χ2n) is 6.00. The third-order valence-corrected chi connectivity index (χ3v) is 4.37. The van der Waals surface area contributed by atoms with Gasteiger partial charge in [-0.3, -0.25) is 0 Å². The Morgan fingerprint density at radius 1 is 1.00 bits per heavy atom. The van der Waals surface area contributed by atoms with Gasteiger partial charge >= 0.3 is 7.12 Å². The fraction of sp³-hybridized carbons (Fsp3) is 0.571. The molecule has 1 saturated heterocycles. The molecule has 0 amide bonds. The molecule has 110 valence electrons. The van der Waals surface area contributed by atoms with E-state index in [4.69, 9.17) is 18.5 Å². The van der Waals surface area contributed by atoms with E-state index in [1.165, 1.54) is 0 Å². The lowest BCUT2D eigenvalue weighted by atomic mass is 9.79. The molecule has 6 heteroatoms. The lowest BCUT2D eigenvalue weighted by Crippen LogP contribution is -2.41. The molecule has 4 nitrogen and oxygen atoms in total. The highest BCUT2D eigenvalue weighted by molar-refractivity contribution is 6.62. The zero-order chi connectivity index (χ0) is 14.8. The van der Waals surface area contributed by atoms with E-state index in [1.54, 1.807) is 0 Å². The molecule has 1 aromatic carbocycles. The van der Waals surface area contributed by atoms with E-state index in [0.29, 0.717) is 13.2 Å². The van der Waals surface area contributed by atoms with Gasteiger partial charge in [-0.2, -0.15) is 0 Å². The maximum absolute atomic E-state index is 6.01. The highest BCUT2D eigenvalue weighted by Gasteiger charge is 2.51. The van der Waals surface area contributed by atoms with Crippen LogP contribution in [0.4, 0.5) is 0 Å². The van der Waals surface area contributed by atoms with Crippen molar-refractivity contribution in [2.24, 2.45) is 0 Å². The highest BCUT2D eigenvalue weighted by atomic mass is 28.2. The summed E-state index contributed by atoms with van der Waals surface area (Å²) in [6.45, 7) is 9.44. The van der Waals surface area contributed by atoms with E-state index in [-0.39, 0.29) is 18.3 Å². The SMILES string of the molecule is CC1(C)OB(c2ccc(OCCO[SiH3])cc2)OC1(C)C. The number of hydrogen-bond acceptors (Lipinski definition) is 4. The van der Waals surface area contributed by atoms with Crippen molar-refractivity contribution in [2.45, 2.75) is 38.9 Å². The summed E-state index contributed by atoms with van der Waals surface area (Å²) in [6, 6.07) is 7.85. The molecule has 1 heterocycles. The summed E-state index contributed by atoms with van der Waals surface area (Å²) in [6.07, 6.45) is 0. The minimum atomic E-state index is -0.320. The van der Waals surface area contributed by atoms with Crippen LogP contribution in [0.15, 0.2) is 24.3 Å². The molecule has 1 fully saturated rings. The standard InChI is InChI=1S/C14H23BO4Si/c1-13(2)14(3,4)19-15(18-13)11-5-7-12(8-6-11)16-9-10-17-20/h5-8H,9-10H2,1-4,20H3. The summed E-state index contributed by atoms with van der Waals surface area (Å²) in [5.41, 5.74) is 0.389. The largest absolute Gasteiger partial charge is 0.494 e. The molecule has 1 aliphatic heterocycles. The van der Waals surface area contributed by atoms with E-state index in [0.717, 1.165) is 21.7 Å². The Balaban J connectivity index is 2.01. The van der Waals surface area contributed by atoms with Gasteiger partial charge in [-0.1, -0.05) is 12.1 Å². The van der Waals surface area contributed by atoms with Crippen LogP contribution < -0.4 is 10.2 Å². The third kappa shape index (κ3) is 3.25. The molecule has 1 aromatic rings. The first-order valence-electron chi connectivity index (χ1n) is 6.93. The smallest absolute Gasteiger partial charge is 0.491 e. The van der Waals surface area contributed by atoms with Crippen molar-refractivity contribution < 1.29 is 18.5 Å². The number of hydrogen-bond donors (Lipinski definition) is 0. The summed E-state index contributed by atoms with van der Waals surface area (Å²) in [7, 11) is 0.426. The van der Waals surface area contributed by atoms with Gasteiger partial charge in [0.1, 0.15) is 22.8 Å². The van der Waals surface area contributed by atoms with E-state index in [2.05, 4.69) is 27.7 Å². The van der Waals surface area contributed by atoms with Crippen LogP contribution in [0.3, 0.4) is 0 Å². The average molecular weight is 294 g/mol. The van der Waals surface area contributed by atoms with Crippen molar-refractivity contribution in [2.75, 3.05) is 13.2 Å². The van der Waals surface area contributed by atoms with Crippen molar-refractivity contribution in [1.82, 2.24) is 0 Å². The summed E-state index contributed by atoms with van der Waals surface area (Å²) < 4.78 is 22.7. The molecular weight excluding hydrogens is 271 g/mol. The first-order valence-corrected chi connectivity index (χ1v) is 7.75. The van der Waals surface area contributed by atoms with Crippen molar-refractivity contribution in [3.8, 4) is 5.75 Å². The normalized spacial score (nSPS) is 20.3. The third-order valence-electron chi connectivity index (χ3n) is 3.96. The molecule has 0 N–H and O–H groups in total.